The van der Waals surface area contributed by atoms with Gasteiger partial charge in [-0.3, -0.25) is 0 Å². The number of aromatic nitrogens is 1. The molecule has 8 heteroatoms. The van der Waals surface area contributed by atoms with E-state index < -0.39 is 17.6 Å². The van der Waals surface area contributed by atoms with Crippen LogP contribution in [0.1, 0.15) is 59.4 Å². The molecule has 2 N–H and O–H groups in total. The second kappa shape index (κ2) is 11.1. The summed E-state index contributed by atoms with van der Waals surface area (Å²) in [5, 5.41) is 9.07. The third-order valence-electron chi connectivity index (χ3n) is 6.76. The number of rotatable bonds is 4. The van der Waals surface area contributed by atoms with E-state index in [0.717, 1.165) is 42.2 Å². The van der Waals surface area contributed by atoms with Gasteiger partial charge < -0.3 is 19.6 Å². The first kappa shape index (κ1) is 25.6. The van der Waals surface area contributed by atoms with E-state index in [-0.39, 0.29) is 28.1 Å². The molecule has 2 aliphatic rings. The molecule has 2 saturated heterocycles. The number of aromatic carboxylic acids is 1. The normalized spacial score (nSPS) is 19.1. The molecular formula is C29H26BrF2NO4. The monoisotopic (exact) mass is 569 g/mol. The van der Waals surface area contributed by atoms with E-state index in [1.165, 1.54) is 24.6 Å². The van der Waals surface area contributed by atoms with E-state index in [2.05, 4.69) is 45.2 Å². The maximum Gasteiger partial charge on any atom is 0.337 e. The van der Waals surface area contributed by atoms with Gasteiger partial charge in [0.15, 0.2) is 0 Å². The van der Waals surface area contributed by atoms with Gasteiger partial charge in [-0.2, -0.15) is 0 Å². The number of aromatic amines is 1. The smallest absolute Gasteiger partial charge is 0.337 e. The molecule has 6 rings (SSSR count). The van der Waals surface area contributed by atoms with Gasteiger partial charge in [0.05, 0.1) is 34.2 Å². The van der Waals surface area contributed by atoms with Crippen LogP contribution in [0.4, 0.5) is 8.78 Å². The van der Waals surface area contributed by atoms with Gasteiger partial charge in [0.2, 0.25) is 0 Å². The van der Waals surface area contributed by atoms with Crippen molar-refractivity contribution in [2.24, 2.45) is 0 Å². The zero-order chi connectivity index (χ0) is 25.9. The highest BCUT2D eigenvalue weighted by Crippen LogP contribution is 2.35. The predicted molar refractivity (Wildman–Crippen MR) is 141 cm³/mol. The van der Waals surface area contributed by atoms with Crippen molar-refractivity contribution in [3.05, 3.63) is 93.6 Å². The molecule has 0 radical (unpaired) electrons. The molecule has 3 heterocycles. The first-order valence-corrected chi connectivity index (χ1v) is 13.0. The van der Waals surface area contributed by atoms with Gasteiger partial charge in [-0.15, -0.1) is 0 Å². The molecule has 2 unspecified atom stereocenters. The summed E-state index contributed by atoms with van der Waals surface area (Å²) >= 11 is 3.41. The summed E-state index contributed by atoms with van der Waals surface area (Å²) in [5.41, 5.74) is 2.30. The van der Waals surface area contributed by atoms with Gasteiger partial charge in [0.25, 0.3) is 0 Å². The minimum atomic E-state index is -1.27. The molecule has 2 atom stereocenters. The van der Waals surface area contributed by atoms with Gasteiger partial charge in [-0.05, 0) is 60.6 Å². The summed E-state index contributed by atoms with van der Waals surface area (Å²) in [6.45, 7) is 1.64. The van der Waals surface area contributed by atoms with Gasteiger partial charge in [-0.25, -0.2) is 13.6 Å². The Morgan fingerprint density at radius 2 is 1.49 bits per heavy atom. The molecule has 0 saturated carbocycles. The van der Waals surface area contributed by atoms with Crippen molar-refractivity contribution < 1.29 is 28.2 Å². The fourth-order valence-corrected chi connectivity index (χ4v) is 5.14. The third-order valence-corrected chi connectivity index (χ3v) is 7.29. The van der Waals surface area contributed by atoms with E-state index in [4.69, 9.17) is 9.47 Å². The number of benzene rings is 3. The van der Waals surface area contributed by atoms with Crippen molar-refractivity contribution in [3.63, 3.8) is 0 Å². The number of hydrogen-bond acceptors (Lipinski definition) is 3. The largest absolute Gasteiger partial charge is 0.478 e. The Morgan fingerprint density at radius 3 is 2.00 bits per heavy atom. The minimum absolute atomic E-state index is 0.0227. The summed E-state index contributed by atoms with van der Waals surface area (Å²) < 4.78 is 41.7. The number of ether oxygens (including phenoxy) is 2. The van der Waals surface area contributed by atoms with E-state index >= 15 is 0 Å². The number of fused-ring (bicyclic) bond motifs is 1. The molecule has 2 aliphatic heterocycles. The second-order valence-electron chi connectivity index (χ2n) is 9.15. The van der Waals surface area contributed by atoms with Crippen LogP contribution in [0.15, 0.2) is 65.3 Å². The first-order chi connectivity index (χ1) is 17.9. The highest BCUT2D eigenvalue weighted by Gasteiger charge is 2.23. The standard InChI is InChI=1S/C19H15F2NO3.C10H11BrO/c20-13-8-14-17(12(9-22-14)19(23)24)18(21)16(13)11-5-3-10(4-6-11)15-2-1-7-25-15;11-9-5-3-8(4-6-9)10-2-1-7-12-10/h3-6,8-9,15,22H,1-2,7H2,(H,23,24);3-6,10H,1-2,7H2. The van der Waals surface area contributed by atoms with Crippen LogP contribution in [0, 0.1) is 11.6 Å². The van der Waals surface area contributed by atoms with Crippen LogP contribution < -0.4 is 0 Å². The quantitative estimate of drug-likeness (QED) is 0.261. The molecule has 5 nitrogen and oxygen atoms in total. The fourth-order valence-electron chi connectivity index (χ4n) is 4.87. The molecule has 0 bridgehead atoms. The van der Waals surface area contributed by atoms with Crippen molar-refractivity contribution in [1.82, 2.24) is 4.98 Å². The molecule has 0 amide bonds. The maximum atomic E-state index is 14.9. The molecule has 37 heavy (non-hydrogen) atoms. The van der Waals surface area contributed by atoms with Crippen LogP contribution >= 0.6 is 15.9 Å². The molecule has 0 aliphatic carbocycles. The summed E-state index contributed by atoms with van der Waals surface area (Å²) in [5.74, 6) is -2.89. The molecule has 2 fully saturated rings. The lowest BCUT2D eigenvalue weighted by Crippen LogP contribution is -1.99. The average Bonchev–Trinajstić information content (AvgIpc) is 3.67. The highest BCUT2D eigenvalue weighted by atomic mass is 79.9. The van der Waals surface area contributed by atoms with E-state index in [9.17, 15) is 18.7 Å². The van der Waals surface area contributed by atoms with Crippen molar-refractivity contribution >= 4 is 32.8 Å². The van der Waals surface area contributed by atoms with E-state index in [0.29, 0.717) is 11.7 Å². The molecule has 4 aromatic rings. The number of halogens is 3. The van der Waals surface area contributed by atoms with Crippen LogP contribution in [-0.4, -0.2) is 29.3 Å². The highest BCUT2D eigenvalue weighted by molar-refractivity contribution is 9.10. The summed E-state index contributed by atoms with van der Waals surface area (Å²) in [6, 6.07) is 16.4. The number of carboxylic acid groups (broad SMARTS) is 1. The van der Waals surface area contributed by atoms with Crippen molar-refractivity contribution in [3.8, 4) is 11.1 Å². The Morgan fingerprint density at radius 1 is 0.919 bits per heavy atom. The number of H-pyrrole nitrogens is 1. The molecule has 3 aromatic carbocycles. The summed E-state index contributed by atoms with van der Waals surface area (Å²) in [4.78, 5) is 13.9. The lowest BCUT2D eigenvalue weighted by molar-refractivity contribution is 0.0698. The SMILES string of the molecule is Brc1ccc(C2CCCO2)cc1.O=C(O)c1c[nH]c2cc(F)c(-c3ccc(C4CCCO4)cc3)c(F)c12. The number of carbonyl (C=O) groups is 1. The zero-order valence-corrected chi connectivity index (χ0v) is 21.6. The Balaban J connectivity index is 0.000000195. The Bertz CT molecular complexity index is 1390. The Labute approximate surface area is 221 Å². The predicted octanol–water partition coefficient (Wildman–Crippen LogP) is 7.96. The lowest BCUT2D eigenvalue weighted by Gasteiger charge is -2.12. The Kier molecular flexibility index (Phi) is 7.69. The molecule has 192 valence electrons. The molecular weight excluding hydrogens is 544 g/mol. The van der Waals surface area contributed by atoms with E-state index in [1.807, 2.05) is 0 Å². The molecule has 1 aromatic heterocycles. The van der Waals surface area contributed by atoms with Crippen LogP contribution in [0.3, 0.4) is 0 Å². The number of nitrogens with one attached hydrogen (secondary N) is 1. The van der Waals surface area contributed by atoms with Crippen molar-refractivity contribution in [2.45, 2.75) is 37.9 Å². The number of carboxylic acids is 1. The minimum Gasteiger partial charge on any atom is -0.478 e. The fraction of sp³-hybridized carbons (Fsp3) is 0.276. The topological polar surface area (TPSA) is 71.5 Å². The van der Waals surface area contributed by atoms with Crippen LogP contribution in [0.5, 0.6) is 0 Å². The first-order valence-electron chi connectivity index (χ1n) is 12.2. The lowest BCUT2D eigenvalue weighted by atomic mass is 9.98. The second-order valence-corrected chi connectivity index (χ2v) is 10.1. The van der Waals surface area contributed by atoms with Gasteiger partial charge >= 0.3 is 5.97 Å². The summed E-state index contributed by atoms with van der Waals surface area (Å²) in [6.07, 6.45) is 5.83. The zero-order valence-electron chi connectivity index (χ0n) is 20.0. The van der Waals surface area contributed by atoms with Gasteiger partial charge in [0.1, 0.15) is 11.6 Å². The summed E-state index contributed by atoms with van der Waals surface area (Å²) in [7, 11) is 0. The van der Waals surface area contributed by atoms with Crippen LogP contribution in [0.2, 0.25) is 0 Å². The average molecular weight is 570 g/mol. The van der Waals surface area contributed by atoms with Crippen molar-refractivity contribution in [1.29, 1.82) is 0 Å². The Hall–Kier alpha value is -3.07. The van der Waals surface area contributed by atoms with Gasteiger partial charge in [-0.1, -0.05) is 52.3 Å². The number of hydrogen-bond donors (Lipinski definition) is 2. The van der Waals surface area contributed by atoms with Gasteiger partial charge in [0, 0.05) is 23.9 Å². The third kappa shape index (κ3) is 5.46. The van der Waals surface area contributed by atoms with E-state index in [1.54, 1.807) is 24.3 Å². The van der Waals surface area contributed by atoms with Crippen molar-refractivity contribution in [2.75, 3.05) is 13.2 Å². The van der Waals surface area contributed by atoms with Crippen LogP contribution in [0.25, 0.3) is 22.0 Å². The van der Waals surface area contributed by atoms with Crippen LogP contribution in [-0.2, 0) is 9.47 Å². The maximum absolute atomic E-state index is 14.9. The molecule has 0 spiro atoms.